The first-order valence-electron chi connectivity index (χ1n) is 11.6. The van der Waals surface area contributed by atoms with Crippen LogP contribution in [0.2, 0.25) is 0 Å². The zero-order chi connectivity index (χ0) is 25.3. The van der Waals surface area contributed by atoms with Crippen molar-refractivity contribution in [3.8, 4) is 11.5 Å². The molecule has 10 heteroatoms. The molecule has 0 radical (unpaired) electrons. The Morgan fingerprint density at radius 3 is 2.61 bits per heavy atom. The van der Waals surface area contributed by atoms with Gasteiger partial charge in [0.25, 0.3) is 0 Å². The number of hydrogen-bond acceptors (Lipinski definition) is 8. The van der Waals surface area contributed by atoms with Gasteiger partial charge in [-0.05, 0) is 62.6 Å². The number of pyridine rings is 1. The number of anilines is 4. The maximum Gasteiger partial charge on any atom is 0.324 e. The number of carbonyl (C=O) groups is 1. The smallest absolute Gasteiger partial charge is 0.324 e. The number of urea groups is 1. The molecule has 0 bridgehead atoms. The summed E-state index contributed by atoms with van der Waals surface area (Å²) in [7, 11) is 1.61. The van der Waals surface area contributed by atoms with Crippen LogP contribution in [0.25, 0.3) is 10.9 Å². The first kappa shape index (κ1) is 23.4. The minimum absolute atomic E-state index is 0.231. The number of ether oxygens (including phenoxy) is 2. The van der Waals surface area contributed by atoms with Gasteiger partial charge in [-0.1, -0.05) is 5.16 Å². The number of carbonyl (C=O) groups excluding carboxylic acids is 1. The Balaban J connectivity index is 1.32. The minimum atomic E-state index is -0.403. The summed E-state index contributed by atoms with van der Waals surface area (Å²) in [5.74, 6) is 2.21. The molecule has 2 heterocycles. The van der Waals surface area contributed by atoms with Crippen molar-refractivity contribution in [1.29, 1.82) is 0 Å². The fraction of sp³-hybridized carbons (Fsp3) is 0.269. The molecular weight excluding hydrogens is 460 g/mol. The van der Waals surface area contributed by atoms with Crippen LogP contribution in [0.5, 0.6) is 11.5 Å². The maximum atomic E-state index is 12.3. The van der Waals surface area contributed by atoms with Crippen LogP contribution in [0.15, 0.2) is 53.2 Å². The molecule has 2 aromatic heterocycles. The second-order valence-electron chi connectivity index (χ2n) is 9.09. The molecule has 5 rings (SSSR count). The molecule has 36 heavy (non-hydrogen) atoms. The van der Waals surface area contributed by atoms with E-state index in [1.54, 1.807) is 26.3 Å². The van der Waals surface area contributed by atoms with Gasteiger partial charge in [0.2, 0.25) is 0 Å². The van der Waals surface area contributed by atoms with E-state index in [0.717, 1.165) is 40.7 Å². The normalized spacial score (nSPS) is 13.8. The summed E-state index contributed by atoms with van der Waals surface area (Å²) in [6, 6.07) is 12.6. The third-order valence-electron chi connectivity index (χ3n) is 6.06. The van der Waals surface area contributed by atoms with E-state index < -0.39 is 6.03 Å². The Kier molecular flexibility index (Phi) is 6.11. The summed E-state index contributed by atoms with van der Waals surface area (Å²) >= 11 is 0. The number of hydrogen-bond donors (Lipinski definition) is 4. The average molecular weight is 489 g/mol. The summed E-state index contributed by atoms with van der Waals surface area (Å²) in [4.78, 5) is 16.8. The summed E-state index contributed by atoms with van der Waals surface area (Å²) in [6.45, 7) is 4.12. The molecular formula is C26H28N6O4. The molecule has 2 aromatic carbocycles. The van der Waals surface area contributed by atoms with E-state index in [9.17, 15) is 4.79 Å². The highest BCUT2D eigenvalue weighted by Crippen LogP contribution is 2.38. The van der Waals surface area contributed by atoms with E-state index in [4.69, 9.17) is 19.7 Å². The number of rotatable bonds is 8. The predicted molar refractivity (Wildman–Crippen MR) is 138 cm³/mol. The van der Waals surface area contributed by atoms with E-state index in [2.05, 4.69) is 26.1 Å². The predicted octanol–water partition coefficient (Wildman–Crippen LogP) is 5.11. The summed E-state index contributed by atoms with van der Waals surface area (Å²) in [5, 5.41) is 13.6. The van der Waals surface area contributed by atoms with Crippen molar-refractivity contribution in [2.24, 2.45) is 5.73 Å². The molecule has 5 N–H and O–H groups in total. The fourth-order valence-electron chi connectivity index (χ4n) is 3.79. The molecule has 0 saturated heterocycles. The molecule has 0 unspecified atom stereocenters. The highest BCUT2D eigenvalue weighted by Gasteiger charge is 2.39. The molecule has 0 spiro atoms. The summed E-state index contributed by atoms with van der Waals surface area (Å²) in [6.07, 6.45) is 3.68. The van der Waals surface area contributed by atoms with Crippen LogP contribution in [0.3, 0.4) is 0 Å². The Bertz CT molecular complexity index is 1430. The van der Waals surface area contributed by atoms with Gasteiger partial charge < -0.3 is 30.4 Å². The van der Waals surface area contributed by atoms with Gasteiger partial charge in [-0.25, -0.2) is 4.79 Å². The van der Waals surface area contributed by atoms with E-state index in [0.29, 0.717) is 35.4 Å². The Morgan fingerprint density at radius 1 is 1.08 bits per heavy atom. The van der Waals surface area contributed by atoms with Gasteiger partial charge in [-0.15, -0.1) is 0 Å². The Morgan fingerprint density at radius 2 is 1.92 bits per heavy atom. The summed E-state index contributed by atoms with van der Waals surface area (Å²) < 4.78 is 16.5. The van der Waals surface area contributed by atoms with Crippen LogP contribution in [0.1, 0.15) is 24.2 Å². The highest BCUT2D eigenvalue weighted by atomic mass is 16.5. The van der Waals surface area contributed by atoms with Crippen molar-refractivity contribution in [2.75, 3.05) is 29.7 Å². The van der Waals surface area contributed by atoms with E-state index in [1.165, 1.54) is 0 Å². The number of nitrogens with zero attached hydrogens (tertiary/aromatic N) is 2. The second-order valence-corrected chi connectivity index (χ2v) is 9.09. The quantitative estimate of drug-likeness (QED) is 0.269. The van der Waals surface area contributed by atoms with Crippen molar-refractivity contribution in [2.45, 2.75) is 32.2 Å². The van der Waals surface area contributed by atoms with Gasteiger partial charge in [0.15, 0.2) is 17.3 Å². The molecule has 1 aliphatic rings. The highest BCUT2D eigenvalue weighted by molar-refractivity contribution is 6.00. The lowest BCUT2D eigenvalue weighted by Crippen LogP contribution is -2.29. The Labute approximate surface area is 208 Å². The molecule has 2 amide bonds. The molecule has 1 aliphatic carbocycles. The lowest BCUT2D eigenvalue weighted by molar-refractivity contribution is 0.262. The topological polar surface area (TPSA) is 137 Å². The van der Waals surface area contributed by atoms with Gasteiger partial charge in [-0.3, -0.25) is 10.3 Å². The van der Waals surface area contributed by atoms with Crippen molar-refractivity contribution in [3.05, 3.63) is 60.0 Å². The molecule has 186 valence electrons. The monoisotopic (exact) mass is 488 g/mol. The van der Waals surface area contributed by atoms with Gasteiger partial charge >= 0.3 is 6.03 Å². The number of amides is 2. The lowest BCUT2D eigenvalue weighted by atomic mass is 10.1. The molecule has 1 saturated carbocycles. The van der Waals surface area contributed by atoms with Gasteiger partial charge in [-0.2, -0.15) is 0 Å². The van der Waals surface area contributed by atoms with Crippen molar-refractivity contribution in [1.82, 2.24) is 10.1 Å². The number of nitrogens with two attached hydrogens (primary N) is 1. The second kappa shape index (κ2) is 9.38. The molecule has 0 atom stereocenters. The number of methoxy groups -OCH3 is 1. The number of aryl methyl sites for hydroxylation is 2. The van der Waals surface area contributed by atoms with Crippen LogP contribution >= 0.6 is 0 Å². The molecule has 4 aromatic rings. The number of aromatic nitrogens is 2. The summed E-state index contributed by atoms with van der Waals surface area (Å²) in [5.41, 5.74) is 9.99. The van der Waals surface area contributed by atoms with Crippen molar-refractivity contribution in [3.63, 3.8) is 0 Å². The number of benzene rings is 2. The maximum absolute atomic E-state index is 12.3. The van der Waals surface area contributed by atoms with Crippen molar-refractivity contribution < 1.29 is 18.8 Å². The van der Waals surface area contributed by atoms with E-state index in [1.807, 2.05) is 43.3 Å². The third kappa shape index (κ3) is 5.18. The van der Waals surface area contributed by atoms with E-state index in [-0.39, 0.29) is 5.54 Å². The largest absolute Gasteiger partial charge is 0.493 e. The minimum Gasteiger partial charge on any atom is -0.493 e. The van der Waals surface area contributed by atoms with Gasteiger partial charge in [0.1, 0.15) is 12.4 Å². The average Bonchev–Trinajstić information content (AvgIpc) is 3.46. The molecule has 1 fully saturated rings. The number of fused-ring (bicyclic) bond motifs is 1. The van der Waals surface area contributed by atoms with Gasteiger partial charge in [0, 0.05) is 40.8 Å². The standard InChI is InChI=1S/C26H28N6O4/c1-15-10-17(4-5-19(15)30-25(33)31-24-11-16(2)36-32-24)29-20-6-9-28-21-13-23(22(34-3)12-18(20)21)35-14-26(27)7-8-26/h4-6,9-13H,7-8,14,27H2,1-3H3,(H,28,29)(H2,30,31,32,33). The van der Waals surface area contributed by atoms with Gasteiger partial charge in [0.05, 0.1) is 18.2 Å². The van der Waals surface area contributed by atoms with Crippen LogP contribution in [-0.4, -0.2) is 35.4 Å². The van der Waals surface area contributed by atoms with Crippen LogP contribution in [-0.2, 0) is 0 Å². The third-order valence-corrected chi connectivity index (χ3v) is 6.06. The van der Waals surface area contributed by atoms with Crippen LogP contribution < -0.4 is 31.2 Å². The fourth-order valence-corrected chi connectivity index (χ4v) is 3.79. The van der Waals surface area contributed by atoms with Crippen LogP contribution in [0, 0.1) is 13.8 Å². The Hall–Kier alpha value is -4.31. The van der Waals surface area contributed by atoms with E-state index >= 15 is 0 Å². The first-order chi connectivity index (χ1) is 17.3. The zero-order valence-corrected chi connectivity index (χ0v) is 20.3. The zero-order valence-electron chi connectivity index (χ0n) is 20.3. The SMILES string of the molecule is COc1cc2c(Nc3ccc(NC(=O)Nc4cc(C)on4)c(C)c3)ccnc2cc1OCC1(N)CC1. The molecule has 10 nitrogen and oxygen atoms in total. The van der Waals surface area contributed by atoms with Crippen molar-refractivity contribution >= 4 is 39.8 Å². The first-order valence-corrected chi connectivity index (χ1v) is 11.6. The van der Waals surface area contributed by atoms with Crippen LogP contribution in [0.4, 0.5) is 27.7 Å². The molecule has 0 aliphatic heterocycles. The number of nitrogens with one attached hydrogen (secondary N) is 3. The lowest BCUT2D eigenvalue weighted by Gasteiger charge is -2.16.